The maximum absolute atomic E-state index is 12.9. The molecule has 8 heteroatoms. The summed E-state index contributed by atoms with van der Waals surface area (Å²) in [5.74, 6) is 1.35. The van der Waals surface area contributed by atoms with Crippen molar-refractivity contribution in [3.63, 3.8) is 0 Å². The van der Waals surface area contributed by atoms with E-state index in [2.05, 4.69) is 14.7 Å². The zero-order chi connectivity index (χ0) is 16.4. The SMILES string of the molecule is O=C(CSCC1CC1)c1ccc(-c2noc(C(F)(F)Cl)n2)cc1. The first kappa shape index (κ1) is 16.4. The first-order valence-corrected chi connectivity index (χ1v) is 8.59. The van der Waals surface area contributed by atoms with Crippen molar-refractivity contribution in [2.75, 3.05) is 11.5 Å². The third kappa shape index (κ3) is 4.29. The number of hydrogen-bond acceptors (Lipinski definition) is 5. The summed E-state index contributed by atoms with van der Waals surface area (Å²) >= 11 is 6.47. The average molecular weight is 359 g/mol. The zero-order valence-electron chi connectivity index (χ0n) is 12.0. The van der Waals surface area contributed by atoms with Gasteiger partial charge in [0.25, 0.3) is 0 Å². The van der Waals surface area contributed by atoms with Crippen LogP contribution in [-0.2, 0) is 5.38 Å². The van der Waals surface area contributed by atoms with Gasteiger partial charge in [0.05, 0.1) is 5.75 Å². The molecule has 3 rings (SSSR count). The highest BCUT2D eigenvalue weighted by Crippen LogP contribution is 2.33. The van der Waals surface area contributed by atoms with Gasteiger partial charge in [0.1, 0.15) is 0 Å². The molecular formula is C15H13ClF2N2O2S. The summed E-state index contributed by atoms with van der Waals surface area (Å²) < 4.78 is 30.1. The molecule has 0 atom stereocenters. The number of halogens is 3. The van der Waals surface area contributed by atoms with Crippen LogP contribution in [0.5, 0.6) is 0 Å². The minimum absolute atomic E-state index is 0.00225. The van der Waals surface area contributed by atoms with Crippen LogP contribution < -0.4 is 0 Å². The van der Waals surface area contributed by atoms with Gasteiger partial charge in [0.2, 0.25) is 5.82 Å². The van der Waals surface area contributed by atoms with Crippen LogP contribution in [0.4, 0.5) is 8.78 Å². The zero-order valence-corrected chi connectivity index (χ0v) is 13.5. The third-order valence-corrected chi connectivity index (χ3v) is 4.75. The molecule has 0 radical (unpaired) electrons. The normalized spacial score (nSPS) is 14.9. The molecule has 2 aromatic rings. The van der Waals surface area contributed by atoms with Crippen LogP contribution >= 0.6 is 23.4 Å². The summed E-state index contributed by atoms with van der Waals surface area (Å²) in [7, 11) is 0. The molecule has 122 valence electrons. The Labute approximate surface area is 140 Å². The van der Waals surface area contributed by atoms with Crippen molar-refractivity contribution in [2.45, 2.75) is 18.2 Å². The summed E-state index contributed by atoms with van der Waals surface area (Å²) in [5.41, 5.74) is 1.05. The Morgan fingerprint density at radius 2 is 2.04 bits per heavy atom. The monoisotopic (exact) mass is 358 g/mol. The lowest BCUT2D eigenvalue weighted by Gasteiger charge is -2.02. The highest BCUT2D eigenvalue weighted by atomic mass is 35.5. The van der Waals surface area contributed by atoms with E-state index in [1.165, 1.54) is 12.8 Å². The van der Waals surface area contributed by atoms with Crippen LogP contribution in [0.1, 0.15) is 29.1 Å². The van der Waals surface area contributed by atoms with Gasteiger partial charge >= 0.3 is 11.3 Å². The van der Waals surface area contributed by atoms with Gasteiger partial charge in [-0.25, -0.2) is 0 Å². The fourth-order valence-electron chi connectivity index (χ4n) is 1.95. The molecule has 0 unspecified atom stereocenters. The van der Waals surface area contributed by atoms with Gasteiger partial charge in [-0.2, -0.15) is 25.5 Å². The lowest BCUT2D eigenvalue weighted by atomic mass is 10.1. The predicted molar refractivity (Wildman–Crippen MR) is 83.9 cm³/mol. The van der Waals surface area contributed by atoms with E-state index in [0.717, 1.165) is 11.7 Å². The molecule has 4 nitrogen and oxygen atoms in total. The largest absolute Gasteiger partial charge is 0.400 e. The maximum atomic E-state index is 12.9. The molecule has 1 saturated carbocycles. The molecule has 0 bridgehead atoms. The Hall–Kier alpha value is -1.47. The summed E-state index contributed by atoms with van der Waals surface area (Å²) in [6.07, 6.45) is 2.54. The van der Waals surface area contributed by atoms with E-state index in [-0.39, 0.29) is 11.6 Å². The Morgan fingerprint density at radius 3 is 2.61 bits per heavy atom. The second kappa shape index (κ2) is 6.57. The number of hydrogen-bond donors (Lipinski definition) is 0. The smallest absolute Gasteiger partial charge is 0.331 e. The molecule has 23 heavy (non-hydrogen) atoms. The molecule has 1 fully saturated rings. The van der Waals surface area contributed by atoms with E-state index in [1.54, 1.807) is 36.0 Å². The summed E-state index contributed by atoms with van der Waals surface area (Å²) in [6, 6.07) is 6.45. The molecule has 0 spiro atoms. The van der Waals surface area contributed by atoms with E-state index >= 15 is 0 Å². The molecule has 1 heterocycles. The van der Waals surface area contributed by atoms with E-state index in [0.29, 0.717) is 16.9 Å². The van der Waals surface area contributed by atoms with Crippen LogP contribution in [-0.4, -0.2) is 27.4 Å². The van der Waals surface area contributed by atoms with Crippen LogP contribution in [0.25, 0.3) is 11.4 Å². The highest BCUT2D eigenvalue weighted by Gasteiger charge is 2.35. The second-order valence-electron chi connectivity index (χ2n) is 5.38. The molecule has 0 aliphatic heterocycles. The Bertz CT molecular complexity index is 696. The Morgan fingerprint density at radius 1 is 1.35 bits per heavy atom. The molecule has 1 aliphatic rings. The number of carbonyl (C=O) groups excluding carboxylic acids is 1. The topological polar surface area (TPSA) is 56.0 Å². The Balaban J connectivity index is 1.64. The first-order valence-electron chi connectivity index (χ1n) is 7.06. The van der Waals surface area contributed by atoms with Gasteiger partial charge in [0, 0.05) is 11.1 Å². The molecule has 0 N–H and O–H groups in total. The van der Waals surface area contributed by atoms with E-state index < -0.39 is 11.3 Å². The van der Waals surface area contributed by atoms with Gasteiger partial charge in [-0.05, 0) is 36.1 Å². The van der Waals surface area contributed by atoms with Crippen LogP contribution in [0.15, 0.2) is 28.8 Å². The lowest BCUT2D eigenvalue weighted by molar-refractivity contribution is 0.0551. The van der Waals surface area contributed by atoms with Crippen LogP contribution in [0.2, 0.25) is 0 Å². The van der Waals surface area contributed by atoms with Gasteiger partial charge in [-0.15, -0.1) is 0 Å². The third-order valence-electron chi connectivity index (χ3n) is 3.42. The van der Waals surface area contributed by atoms with Crippen molar-refractivity contribution in [1.82, 2.24) is 10.1 Å². The predicted octanol–water partition coefficient (Wildman–Crippen LogP) is 4.35. The molecular weight excluding hydrogens is 346 g/mol. The van der Waals surface area contributed by atoms with Crippen molar-refractivity contribution < 1.29 is 18.1 Å². The summed E-state index contributed by atoms with van der Waals surface area (Å²) in [6.45, 7) is 0. The van der Waals surface area contributed by atoms with Crippen molar-refractivity contribution in [2.24, 2.45) is 5.92 Å². The minimum atomic E-state index is -3.69. The Kier molecular flexibility index (Phi) is 4.68. The number of nitrogens with zero attached hydrogens (tertiary/aromatic N) is 2. The van der Waals surface area contributed by atoms with E-state index in [1.807, 2.05) is 0 Å². The maximum Gasteiger partial charge on any atom is 0.400 e. The quantitative estimate of drug-likeness (QED) is 0.544. The van der Waals surface area contributed by atoms with Gasteiger partial charge < -0.3 is 4.52 Å². The molecule has 1 aromatic heterocycles. The number of ketones is 1. The van der Waals surface area contributed by atoms with E-state index in [4.69, 9.17) is 11.6 Å². The van der Waals surface area contributed by atoms with Crippen LogP contribution in [0.3, 0.4) is 0 Å². The fourth-order valence-corrected chi connectivity index (χ4v) is 3.16. The molecule has 0 amide bonds. The average Bonchev–Trinajstić information content (AvgIpc) is 3.19. The van der Waals surface area contributed by atoms with Gasteiger partial charge in [-0.1, -0.05) is 29.4 Å². The fraction of sp³-hybridized carbons (Fsp3) is 0.400. The number of thioether (sulfide) groups is 1. The molecule has 0 saturated heterocycles. The minimum Gasteiger partial charge on any atom is -0.331 e. The van der Waals surface area contributed by atoms with Crippen molar-refractivity contribution >= 4 is 29.1 Å². The molecule has 1 aliphatic carbocycles. The number of Topliss-reactive ketones (excluding diaryl/α,β-unsaturated/α-hetero) is 1. The van der Waals surface area contributed by atoms with Gasteiger partial charge in [0.15, 0.2) is 5.78 Å². The lowest BCUT2D eigenvalue weighted by Crippen LogP contribution is -2.04. The second-order valence-corrected chi connectivity index (χ2v) is 6.88. The van der Waals surface area contributed by atoms with Crippen molar-refractivity contribution in [3.8, 4) is 11.4 Å². The summed E-state index contributed by atoms with van der Waals surface area (Å²) in [4.78, 5) is 15.6. The number of alkyl halides is 3. The standard InChI is InChI=1S/C15H13ClF2N2O2S/c16-15(17,18)14-19-13(20-22-14)11-5-3-10(4-6-11)12(21)8-23-7-9-1-2-9/h3-6,9H,1-2,7-8H2. The van der Waals surface area contributed by atoms with Crippen LogP contribution in [0, 0.1) is 5.92 Å². The van der Waals surface area contributed by atoms with E-state index in [9.17, 15) is 13.6 Å². The number of carbonyl (C=O) groups is 1. The first-order chi connectivity index (χ1) is 10.9. The van der Waals surface area contributed by atoms with Crippen molar-refractivity contribution in [3.05, 3.63) is 35.7 Å². The molecule has 1 aromatic carbocycles. The highest BCUT2D eigenvalue weighted by molar-refractivity contribution is 8.00. The van der Waals surface area contributed by atoms with Crippen molar-refractivity contribution in [1.29, 1.82) is 0 Å². The number of rotatable bonds is 7. The number of aromatic nitrogens is 2. The van der Waals surface area contributed by atoms with Gasteiger partial charge in [-0.3, -0.25) is 4.79 Å². The number of benzene rings is 1. The summed E-state index contributed by atoms with van der Waals surface area (Å²) in [5, 5.41) is -0.231.